The Hall–Kier alpha value is -3.00. The van der Waals surface area contributed by atoms with Crippen LogP contribution in [0.1, 0.15) is 26.0 Å². The van der Waals surface area contributed by atoms with Gasteiger partial charge in [-0.05, 0) is 48.5 Å². The van der Waals surface area contributed by atoms with Crippen molar-refractivity contribution in [1.29, 1.82) is 5.26 Å². The minimum Gasteiger partial charge on any atom is -0.369 e. The minimum absolute atomic E-state index is 0.0765. The highest BCUT2D eigenvalue weighted by atomic mass is 32.1. The number of piperazine rings is 1. The lowest BCUT2D eigenvalue weighted by atomic mass is 10.0. The molecule has 34 heavy (non-hydrogen) atoms. The molecule has 0 bridgehead atoms. The van der Waals surface area contributed by atoms with Gasteiger partial charge in [0, 0.05) is 37.4 Å². The first-order valence-corrected chi connectivity index (χ1v) is 12.2. The second kappa shape index (κ2) is 11.4. The van der Waals surface area contributed by atoms with Crippen LogP contribution in [-0.2, 0) is 9.59 Å². The number of carbonyl (C=O) groups excluding carboxylic acids is 2. The zero-order valence-corrected chi connectivity index (χ0v) is 20.8. The van der Waals surface area contributed by atoms with Gasteiger partial charge in [-0.15, -0.1) is 0 Å². The third-order valence-corrected chi connectivity index (χ3v) is 6.86. The number of benzene rings is 1. The molecule has 0 spiro atoms. The van der Waals surface area contributed by atoms with Gasteiger partial charge in [-0.2, -0.15) is 9.64 Å². The minimum atomic E-state index is -0.667. The Morgan fingerprint density at radius 1 is 1.21 bits per heavy atom. The highest BCUT2D eigenvalue weighted by Crippen LogP contribution is 2.38. The summed E-state index contributed by atoms with van der Waals surface area (Å²) in [7, 11) is 0. The predicted molar refractivity (Wildman–Crippen MR) is 136 cm³/mol. The number of aromatic nitrogens is 1. The second-order valence-corrected chi connectivity index (χ2v) is 9.79. The smallest absolute Gasteiger partial charge is 0.245 e. The molecule has 4 N–H and O–H groups in total. The fraction of sp³-hybridized carbons (Fsp3) is 0.500. The lowest BCUT2D eigenvalue weighted by Gasteiger charge is -2.35. The summed E-state index contributed by atoms with van der Waals surface area (Å²) in [6.45, 7) is 9.35. The Kier molecular flexibility index (Phi) is 8.61. The summed E-state index contributed by atoms with van der Waals surface area (Å²) in [6.07, 6.45) is 0.551. The molecule has 1 aliphatic heterocycles. The molecule has 182 valence electrons. The quantitative estimate of drug-likeness (QED) is 0.521. The first kappa shape index (κ1) is 25.6. The number of carbonyl (C=O) groups is 2. The van der Waals surface area contributed by atoms with Crippen molar-refractivity contribution < 1.29 is 9.59 Å². The van der Waals surface area contributed by atoms with E-state index in [0.717, 1.165) is 48.7 Å². The van der Waals surface area contributed by atoms with Crippen molar-refractivity contribution in [2.24, 2.45) is 17.4 Å². The average molecular weight is 484 g/mol. The summed E-state index contributed by atoms with van der Waals surface area (Å²) in [5, 5.41) is 10.0. The van der Waals surface area contributed by atoms with Gasteiger partial charge >= 0.3 is 0 Å². The molecule has 0 radical (unpaired) electrons. The molecule has 1 atom stereocenters. The molecule has 2 amide bonds. The number of nitriles is 1. The third-order valence-electron chi connectivity index (χ3n) is 5.90. The number of rotatable bonds is 9. The van der Waals surface area contributed by atoms with Gasteiger partial charge in [-0.3, -0.25) is 19.4 Å². The Morgan fingerprint density at radius 3 is 2.41 bits per heavy atom. The van der Waals surface area contributed by atoms with Crippen molar-refractivity contribution in [3.8, 4) is 17.2 Å². The molecule has 0 unspecified atom stereocenters. The van der Waals surface area contributed by atoms with Crippen LogP contribution in [0.5, 0.6) is 0 Å². The van der Waals surface area contributed by atoms with Gasteiger partial charge in [-0.25, -0.2) is 0 Å². The van der Waals surface area contributed by atoms with E-state index in [0.29, 0.717) is 18.0 Å². The molecule has 1 aromatic heterocycles. The van der Waals surface area contributed by atoms with Crippen LogP contribution in [0.2, 0.25) is 0 Å². The summed E-state index contributed by atoms with van der Waals surface area (Å²) >= 11 is 1.22. The number of nitrogens with zero attached hydrogens (tertiary/aromatic N) is 5. The molecule has 1 aliphatic rings. The van der Waals surface area contributed by atoms with Crippen molar-refractivity contribution in [3.63, 3.8) is 0 Å². The molecule has 3 rings (SSSR count). The SMILES string of the molecule is Cc1nsc(N(CC#N)C(=O)[C@@H](N)CC(C)C)c1-c1ccc(N2CCN(CC(N)=O)CC2)cc1. The molecular weight excluding hydrogens is 450 g/mol. The molecule has 2 aromatic rings. The maximum atomic E-state index is 13.1. The number of primary amides is 1. The zero-order valence-electron chi connectivity index (χ0n) is 20.0. The molecule has 0 aliphatic carbocycles. The van der Waals surface area contributed by atoms with Crippen molar-refractivity contribution in [2.75, 3.05) is 49.1 Å². The van der Waals surface area contributed by atoms with Crippen molar-refractivity contribution in [1.82, 2.24) is 9.27 Å². The fourth-order valence-electron chi connectivity index (χ4n) is 4.23. The van der Waals surface area contributed by atoms with Gasteiger partial charge in [0.25, 0.3) is 0 Å². The van der Waals surface area contributed by atoms with Crippen LogP contribution in [0.15, 0.2) is 24.3 Å². The van der Waals surface area contributed by atoms with Crippen molar-refractivity contribution >= 4 is 34.0 Å². The Bertz CT molecular complexity index is 1040. The summed E-state index contributed by atoms with van der Waals surface area (Å²) in [4.78, 5) is 30.1. The fourth-order valence-corrected chi connectivity index (χ4v) is 5.15. The van der Waals surface area contributed by atoms with Crippen LogP contribution < -0.4 is 21.3 Å². The number of amides is 2. The molecule has 0 saturated carbocycles. The normalized spacial score (nSPS) is 15.2. The summed E-state index contributed by atoms with van der Waals surface area (Å²) in [6, 6.07) is 9.59. The Labute approximate surface area is 205 Å². The van der Waals surface area contributed by atoms with Gasteiger partial charge in [0.1, 0.15) is 11.5 Å². The van der Waals surface area contributed by atoms with E-state index in [9.17, 15) is 14.9 Å². The number of nitrogens with two attached hydrogens (primary N) is 2. The molecule has 10 heteroatoms. The van der Waals surface area contributed by atoms with E-state index in [-0.39, 0.29) is 24.3 Å². The molecule has 9 nitrogen and oxygen atoms in total. The topological polar surface area (TPSA) is 133 Å². The largest absolute Gasteiger partial charge is 0.369 e. The predicted octanol–water partition coefficient (Wildman–Crippen LogP) is 1.96. The first-order chi connectivity index (χ1) is 16.2. The highest BCUT2D eigenvalue weighted by Gasteiger charge is 2.28. The lowest BCUT2D eigenvalue weighted by molar-refractivity contribution is -0.120. The number of anilines is 2. The number of aryl methyl sites for hydroxylation is 1. The van der Waals surface area contributed by atoms with E-state index in [2.05, 4.69) is 32.4 Å². The maximum absolute atomic E-state index is 13.1. The van der Waals surface area contributed by atoms with Gasteiger partial charge in [0.05, 0.1) is 24.3 Å². The second-order valence-electron chi connectivity index (χ2n) is 9.04. The van der Waals surface area contributed by atoms with Gasteiger partial charge in [0.15, 0.2) is 0 Å². The molecule has 1 fully saturated rings. The van der Waals surface area contributed by atoms with Crippen LogP contribution in [0.4, 0.5) is 10.7 Å². The van der Waals surface area contributed by atoms with Gasteiger partial charge in [-0.1, -0.05) is 26.0 Å². The Morgan fingerprint density at radius 2 is 1.85 bits per heavy atom. The van der Waals surface area contributed by atoms with Gasteiger partial charge in [0.2, 0.25) is 11.8 Å². The standard InChI is InChI=1S/C24H33N7O2S/c1-16(2)14-20(26)23(33)31(9-8-25)24-22(17(3)28-34-24)18-4-6-19(7-5-18)30-12-10-29(11-13-30)15-21(27)32/h4-7,16,20H,9-15,26H2,1-3H3,(H2,27,32)/t20-/m0/s1. The van der Waals surface area contributed by atoms with Crippen molar-refractivity contribution in [3.05, 3.63) is 30.0 Å². The summed E-state index contributed by atoms with van der Waals surface area (Å²) in [5.74, 6) is -0.288. The molecule has 1 aromatic carbocycles. The van der Waals surface area contributed by atoms with Crippen LogP contribution in [-0.4, -0.2) is 66.4 Å². The lowest BCUT2D eigenvalue weighted by Crippen LogP contribution is -2.48. The zero-order chi connectivity index (χ0) is 24.8. The van der Waals surface area contributed by atoms with Crippen LogP contribution >= 0.6 is 11.5 Å². The van der Waals surface area contributed by atoms with Crippen LogP contribution in [0.25, 0.3) is 11.1 Å². The monoisotopic (exact) mass is 483 g/mol. The van der Waals surface area contributed by atoms with Gasteiger partial charge < -0.3 is 16.4 Å². The van der Waals surface area contributed by atoms with Crippen LogP contribution in [0.3, 0.4) is 0 Å². The highest BCUT2D eigenvalue weighted by molar-refractivity contribution is 7.11. The van der Waals surface area contributed by atoms with E-state index < -0.39 is 6.04 Å². The average Bonchev–Trinajstić information content (AvgIpc) is 3.17. The van der Waals surface area contributed by atoms with Crippen LogP contribution in [0, 0.1) is 24.2 Å². The van der Waals surface area contributed by atoms with E-state index in [4.69, 9.17) is 11.5 Å². The van der Waals surface area contributed by atoms with E-state index in [1.165, 1.54) is 16.4 Å². The summed E-state index contributed by atoms with van der Waals surface area (Å²) < 4.78 is 4.49. The first-order valence-electron chi connectivity index (χ1n) is 11.5. The summed E-state index contributed by atoms with van der Waals surface area (Å²) in [5.41, 5.74) is 15.2. The third kappa shape index (κ3) is 6.11. The molecular formula is C24H33N7O2S. The van der Waals surface area contributed by atoms with E-state index in [1.54, 1.807) is 0 Å². The van der Waals surface area contributed by atoms with Crippen molar-refractivity contribution in [2.45, 2.75) is 33.2 Å². The van der Waals surface area contributed by atoms with E-state index >= 15 is 0 Å². The van der Waals surface area contributed by atoms with E-state index in [1.807, 2.05) is 32.9 Å². The Balaban J connectivity index is 1.81. The molecule has 2 heterocycles. The molecule has 1 saturated heterocycles. The number of hydrogen-bond donors (Lipinski definition) is 2. The maximum Gasteiger partial charge on any atom is 0.245 e. The number of hydrogen-bond acceptors (Lipinski definition) is 8.